The molecule has 2 atom stereocenters. The van der Waals surface area contributed by atoms with E-state index in [0.29, 0.717) is 6.04 Å². The van der Waals surface area contributed by atoms with Gasteiger partial charge >= 0.3 is 0 Å². The summed E-state index contributed by atoms with van der Waals surface area (Å²) in [5, 5.41) is 3.24. The van der Waals surface area contributed by atoms with E-state index in [0.717, 1.165) is 5.92 Å². The molecule has 0 radical (unpaired) electrons. The molecular weight excluding hydrogens is 122 g/mol. The van der Waals surface area contributed by atoms with Gasteiger partial charge in [-0.1, -0.05) is 20.3 Å². The zero-order chi connectivity index (χ0) is 7.98. The fraction of sp³-hybridized carbons (Fsp3) is 1.00. The van der Waals surface area contributed by atoms with E-state index in [2.05, 4.69) is 26.1 Å². The van der Waals surface area contributed by atoms with Crippen molar-refractivity contribution < 1.29 is 0 Å². The Morgan fingerprint density at radius 1 is 1.20 bits per heavy atom. The lowest BCUT2D eigenvalue weighted by atomic mass is 10.0. The van der Waals surface area contributed by atoms with Gasteiger partial charge in [-0.25, -0.2) is 0 Å². The summed E-state index contributed by atoms with van der Waals surface area (Å²) >= 11 is 0. The molecule has 1 N–H and O–H groups in total. The number of nitrogens with one attached hydrogen (secondary N) is 1. The molecular formula is C9H21N. The molecule has 0 aromatic carbocycles. The van der Waals surface area contributed by atoms with Crippen LogP contribution in [0.5, 0.6) is 0 Å². The first-order chi connectivity index (χ1) is 4.70. The first-order valence-corrected chi connectivity index (χ1v) is 4.38. The fourth-order valence-electron chi connectivity index (χ4n) is 0.883. The molecule has 10 heavy (non-hydrogen) atoms. The molecule has 0 aliphatic heterocycles. The molecule has 0 bridgehead atoms. The molecule has 1 nitrogen and oxygen atoms in total. The first kappa shape index (κ1) is 9.96. The minimum atomic E-state index is 0.689. The van der Waals surface area contributed by atoms with E-state index in [1.165, 1.54) is 19.3 Å². The predicted octanol–water partition coefficient (Wildman–Crippen LogP) is 2.42. The molecule has 0 aromatic heterocycles. The molecule has 0 saturated heterocycles. The highest BCUT2D eigenvalue weighted by Crippen LogP contribution is 2.10. The van der Waals surface area contributed by atoms with Gasteiger partial charge in [-0.05, 0) is 32.7 Å². The van der Waals surface area contributed by atoms with Gasteiger partial charge in [0.05, 0.1) is 0 Å². The van der Waals surface area contributed by atoms with Crippen LogP contribution >= 0.6 is 0 Å². The van der Waals surface area contributed by atoms with Crippen LogP contribution < -0.4 is 5.32 Å². The third-order valence-corrected chi connectivity index (χ3v) is 2.28. The Bertz CT molecular complexity index is 61.1. The Balaban J connectivity index is 3.17. The SMILES string of the molecule is CCC(C)CCC(C)NC. The lowest BCUT2D eigenvalue weighted by Gasteiger charge is -2.12. The van der Waals surface area contributed by atoms with Gasteiger partial charge < -0.3 is 5.32 Å². The second-order valence-corrected chi connectivity index (χ2v) is 3.28. The van der Waals surface area contributed by atoms with Crippen molar-refractivity contribution in [3.05, 3.63) is 0 Å². The van der Waals surface area contributed by atoms with Gasteiger partial charge in [-0.15, -0.1) is 0 Å². The molecule has 0 amide bonds. The monoisotopic (exact) mass is 143 g/mol. The summed E-state index contributed by atoms with van der Waals surface area (Å²) in [5.41, 5.74) is 0. The summed E-state index contributed by atoms with van der Waals surface area (Å²) in [6.07, 6.45) is 3.99. The molecule has 62 valence electrons. The van der Waals surface area contributed by atoms with Crippen molar-refractivity contribution in [1.29, 1.82) is 0 Å². The summed E-state index contributed by atoms with van der Waals surface area (Å²) in [7, 11) is 2.03. The molecule has 0 aliphatic rings. The molecule has 0 aromatic rings. The smallest absolute Gasteiger partial charge is 0.00358 e. The van der Waals surface area contributed by atoms with Gasteiger partial charge in [-0.2, -0.15) is 0 Å². The van der Waals surface area contributed by atoms with Crippen molar-refractivity contribution in [1.82, 2.24) is 5.32 Å². The van der Waals surface area contributed by atoms with Crippen LogP contribution in [0.2, 0.25) is 0 Å². The topological polar surface area (TPSA) is 12.0 Å². The van der Waals surface area contributed by atoms with Gasteiger partial charge in [0.2, 0.25) is 0 Å². The third kappa shape index (κ3) is 4.80. The maximum absolute atomic E-state index is 3.24. The van der Waals surface area contributed by atoms with Crippen LogP contribution in [-0.4, -0.2) is 13.1 Å². The summed E-state index contributed by atoms with van der Waals surface area (Å²) in [5.74, 6) is 0.899. The van der Waals surface area contributed by atoms with Crippen LogP contribution in [-0.2, 0) is 0 Å². The Labute approximate surface area is 65.2 Å². The van der Waals surface area contributed by atoms with E-state index < -0.39 is 0 Å². The first-order valence-electron chi connectivity index (χ1n) is 4.38. The number of hydrogen-bond acceptors (Lipinski definition) is 1. The Morgan fingerprint density at radius 2 is 1.80 bits per heavy atom. The van der Waals surface area contributed by atoms with Crippen LogP contribution in [0.25, 0.3) is 0 Å². The average Bonchev–Trinajstić information content (AvgIpc) is 1.99. The van der Waals surface area contributed by atoms with E-state index in [4.69, 9.17) is 0 Å². The van der Waals surface area contributed by atoms with Crippen LogP contribution in [0.1, 0.15) is 40.0 Å². The van der Waals surface area contributed by atoms with Crippen LogP contribution in [0.4, 0.5) is 0 Å². The predicted molar refractivity (Wildman–Crippen MR) is 47.2 cm³/mol. The summed E-state index contributed by atoms with van der Waals surface area (Å²) in [6, 6.07) is 0.689. The van der Waals surface area contributed by atoms with Gasteiger partial charge in [-0.3, -0.25) is 0 Å². The second-order valence-electron chi connectivity index (χ2n) is 3.28. The minimum Gasteiger partial charge on any atom is -0.317 e. The Hall–Kier alpha value is -0.0400. The number of hydrogen-bond donors (Lipinski definition) is 1. The molecule has 0 aliphatic carbocycles. The minimum absolute atomic E-state index is 0.689. The zero-order valence-corrected chi connectivity index (χ0v) is 7.78. The van der Waals surface area contributed by atoms with Crippen LogP contribution in [0.3, 0.4) is 0 Å². The lowest BCUT2D eigenvalue weighted by Crippen LogP contribution is -2.21. The van der Waals surface area contributed by atoms with Crippen LogP contribution in [0, 0.1) is 5.92 Å². The van der Waals surface area contributed by atoms with Crippen molar-refractivity contribution in [2.24, 2.45) is 5.92 Å². The zero-order valence-electron chi connectivity index (χ0n) is 7.78. The summed E-state index contributed by atoms with van der Waals surface area (Å²) in [6.45, 7) is 6.82. The fourth-order valence-corrected chi connectivity index (χ4v) is 0.883. The standard InChI is InChI=1S/C9H21N/c1-5-8(2)6-7-9(3)10-4/h8-10H,5-7H2,1-4H3. The summed E-state index contributed by atoms with van der Waals surface area (Å²) in [4.78, 5) is 0. The molecule has 2 unspecified atom stereocenters. The summed E-state index contributed by atoms with van der Waals surface area (Å²) < 4.78 is 0. The largest absolute Gasteiger partial charge is 0.317 e. The molecule has 0 saturated carbocycles. The quantitative estimate of drug-likeness (QED) is 0.623. The van der Waals surface area contributed by atoms with E-state index in [9.17, 15) is 0 Å². The van der Waals surface area contributed by atoms with Gasteiger partial charge in [0.1, 0.15) is 0 Å². The van der Waals surface area contributed by atoms with Crippen molar-refractivity contribution in [2.75, 3.05) is 7.05 Å². The molecule has 0 spiro atoms. The third-order valence-electron chi connectivity index (χ3n) is 2.28. The van der Waals surface area contributed by atoms with Gasteiger partial charge in [0.15, 0.2) is 0 Å². The molecule has 1 heteroatoms. The highest BCUT2D eigenvalue weighted by Gasteiger charge is 2.01. The second kappa shape index (κ2) is 5.72. The van der Waals surface area contributed by atoms with Crippen LogP contribution in [0.15, 0.2) is 0 Å². The van der Waals surface area contributed by atoms with E-state index in [1.54, 1.807) is 0 Å². The highest BCUT2D eigenvalue weighted by atomic mass is 14.8. The Morgan fingerprint density at radius 3 is 2.20 bits per heavy atom. The van der Waals surface area contributed by atoms with E-state index >= 15 is 0 Å². The molecule has 0 fully saturated rings. The van der Waals surface area contributed by atoms with E-state index in [1.807, 2.05) is 7.05 Å². The maximum Gasteiger partial charge on any atom is 0.00358 e. The van der Waals surface area contributed by atoms with Crippen molar-refractivity contribution >= 4 is 0 Å². The van der Waals surface area contributed by atoms with Gasteiger partial charge in [0, 0.05) is 6.04 Å². The average molecular weight is 143 g/mol. The van der Waals surface area contributed by atoms with Crippen molar-refractivity contribution in [3.63, 3.8) is 0 Å². The maximum atomic E-state index is 3.24. The molecule has 0 rings (SSSR count). The lowest BCUT2D eigenvalue weighted by molar-refractivity contribution is 0.443. The normalized spacial score (nSPS) is 16.8. The van der Waals surface area contributed by atoms with Crippen molar-refractivity contribution in [3.8, 4) is 0 Å². The van der Waals surface area contributed by atoms with E-state index in [-0.39, 0.29) is 0 Å². The number of rotatable bonds is 5. The van der Waals surface area contributed by atoms with Crippen molar-refractivity contribution in [2.45, 2.75) is 46.1 Å². The molecule has 0 heterocycles. The Kier molecular flexibility index (Phi) is 5.70. The van der Waals surface area contributed by atoms with Gasteiger partial charge in [0.25, 0.3) is 0 Å². The highest BCUT2D eigenvalue weighted by molar-refractivity contribution is 4.59.